The molecule has 1 aromatic heterocycles. The quantitative estimate of drug-likeness (QED) is 0.521. The molecule has 0 spiro atoms. The van der Waals surface area contributed by atoms with Crippen LogP contribution in [-0.4, -0.2) is 22.4 Å². The maximum absolute atomic E-state index is 11.3. The summed E-state index contributed by atoms with van der Waals surface area (Å²) in [5.74, 6) is -0.714. The number of fused-ring (bicyclic) bond motifs is 1. The molecule has 0 aliphatic rings. The molecule has 0 fully saturated rings. The topological polar surface area (TPSA) is 108 Å². The third-order valence-electron chi connectivity index (χ3n) is 3.42. The second-order valence-corrected chi connectivity index (χ2v) is 6.63. The highest BCUT2D eigenvalue weighted by Crippen LogP contribution is 2.29. The molecule has 0 bridgehead atoms. The molecular formula is C16H12ClN3O4S. The molecule has 0 aliphatic carbocycles. The highest BCUT2D eigenvalue weighted by Gasteiger charge is 2.13. The SMILES string of the molecule is NC(=O)c1cc(CCOc2nc3cc(Cl)ccc3s2)cc([N+](=O)[O-])c1. The van der Waals surface area contributed by atoms with Gasteiger partial charge in [0.05, 0.1) is 21.7 Å². The Hall–Kier alpha value is -2.71. The van der Waals surface area contributed by atoms with Gasteiger partial charge in [0.15, 0.2) is 0 Å². The second kappa shape index (κ2) is 7.04. The fraction of sp³-hybridized carbons (Fsp3) is 0.125. The molecule has 0 unspecified atom stereocenters. The van der Waals surface area contributed by atoms with Crippen LogP contribution in [-0.2, 0) is 6.42 Å². The van der Waals surface area contributed by atoms with Crippen molar-refractivity contribution in [2.45, 2.75) is 6.42 Å². The lowest BCUT2D eigenvalue weighted by atomic mass is 10.1. The number of nitro groups is 1. The van der Waals surface area contributed by atoms with E-state index in [0.717, 1.165) is 16.3 Å². The fourth-order valence-corrected chi connectivity index (χ4v) is 3.25. The molecule has 0 saturated carbocycles. The van der Waals surface area contributed by atoms with E-state index in [1.54, 1.807) is 12.1 Å². The van der Waals surface area contributed by atoms with Gasteiger partial charge in [-0.25, -0.2) is 4.98 Å². The number of rotatable bonds is 6. The normalized spacial score (nSPS) is 10.8. The van der Waals surface area contributed by atoms with Crippen molar-refractivity contribution in [1.29, 1.82) is 0 Å². The van der Waals surface area contributed by atoms with Gasteiger partial charge in [-0.05, 0) is 29.8 Å². The first-order chi connectivity index (χ1) is 11.9. The number of ether oxygens (including phenoxy) is 1. The molecule has 1 heterocycles. The molecule has 1 amide bonds. The number of hydrogen-bond acceptors (Lipinski definition) is 6. The molecule has 7 nitrogen and oxygen atoms in total. The standard InChI is InChI=1S/C16H12ClN3O4S/c17-11-1-2-14-13(8-11)19-16(25-14)24-4-3-9-5-10(15(18)21)7-12(6-9)20(22)23/h1-2,5-8H,3-4H2,(H2,18,21). The van der Waals surface area contributed by atoms with Gasteiger partial charge in [0.25, 0.3) is 10.9 Å². The van der Waals surface area contributed by atoms with E-state index < -0.39 is 10.8 Å². The van der Waals surface area contributed by atoms with Crippen molar-refractivity contribution in [1.82, 2.24) is 4.98 Å². The number of halogens is 1. The average Bonchev–Trinajstić information content (AvgIpc) is 2.96. The van der Waals surface area contributed by atoms with Crippen LogP contribution in [0.3, 0.4) is 0 Å². The highest BCUT2D eigenvalue weighted by molar-refractivity contribution is 7.20. The number of nitrogens with zero attached hydrogens (tertiary/aromatic N) is 2. The minimum atomic E-state index is -0.714. The number of thiazole rings is 1. The Morgan fingerprint density at radius 1 is 1.32 bits per heavy atom. The predicted molar refractivity (Wildman–Crippen MR) is 95.4 cm³/mol. The Bertz CT molecular complexity index is 941. The van der Waals surface area contributed by atoms with Gasteiger partial charge in [-0.2, -0.15) is 0 Å². The van der Waals surface area contributed by atoms with Gasteiger partial charge < -0.3 is 10.5 Å². The van der Waals surface area contributed by atoms with Gasteiger partial charge in [0.2, 0.25) is 5.91 Å². The van der Waals surface area contributed by atoms with Gasteiger partial charge in [-0.3, -0.25) is 14.9 Å². The number of carbonyl (C=O) groups excluding carboxylic acids is 1. The van der Waals surface area contributed by atoms with E-state index in [1.165, 1.54) is 23.5 Å². The third kappa shape index (κ3) is 4.04. The van der Waals surface area contributed by atoms with Crippen molar-refractivity contribution in [3.8, 4) is 5.19 Å². The number of nitro benzene ring substituents is 1. The molecule has 128 valence electrons. The zero-order valence-electron chi connectivity index (χ0n) is 12.8. The van der Waals surface area contributed by atoms with Gasteiger partial charge in [0, 0.05) is 29.1 Å². The van der Waals surface area contributed by atoms with E-state index in [0.29, 0.717) is 22.2 Å². The molecule has 0 atom stereocenters. The number of primary amides is 1. The predicted octanol–water partition coefficient (Wildman–Crippen LogP) is 3.58. The maximum atomic E-state index is 11.3. The Morgan fingerprint density at radius 2 is 2.12 bits per heavy atom. The first-order valence-electron chi connectivity index (χ1n) is 7.19. The summed E-state index contributed by atoms with van der Waals surface area (Å²) in [6.07, 6.45) is 0.374. The van der Waals surface area contributed by atoms with Crippen LogP contribution in [0.5, 0.6) is 5.19 Å². The van der Waals surface area contributed by atoms with E-state index in [2.05, 4.69) is 4.98 Å². The molecule has 3 rings (SSSR count). The van der Waals surface area contributed by atoms with E-state index in [1.807, 2.05) is 6.07 Å². The van der Waals surface area contributed by atoms with Crippen LogP contribution in [0, 0.1) is 10.1 Å². The van der Waals surface area contributed by atoms with E-state index in [-0.39, 0.29) is 17.9 Å². The Kier molecular flexibility index (Phi) is 4.82. The summed E-state index contributed by atoms with van der Waals surface area (Å²) < 4.78 is 6.56. The van der Waals surface area contributed by atoms with Gasteiger partial charge >= 0.3 is 0 Å². The third-order valence-corrected chi connectivity index (χ3v) is 4.60. The zero-order chi connectivity index (χ0) is 18.0. The van der Waals surface area contributed by atoms with Crippen LogP contribution in [0.1, 0.15) is 15.9 Å². The number of non-ortho nitro benzene ring substituents is 1. The van der Waals surface area contributed by atoms with Crippen LogP contribution >= 0.6 is 22.9 Å². The summed E-state index contributed by atoms with van der Waals surface area (Å²) in [5.41, 5.74) is 6.47. The van der Waals surface area contributed by atoms with Crippen molar-refractivity contribution in [2.75, 3.05) is 6.61 Å². The lowest BCUT2D eigenvalue weighted by molar-refractivity contribution is -0.384. The second-order valence-electron chi connectivity index (χ2n) is 5.20. The van der Waals surface area contributed by atoms with Gasteiger partial charge in [-0.1, -0.05) is 22.9 Å². The molecule has 25 heavy (non-hydrogen) atoms. The maximum Gasteiger partial charge on any atom is 0.274 e. The number of nitrogens with two attached hydrogens (primary N) is 1. The molecule has 9 heteroatoms. The Morgan fingerprint density at radius 3 is 2.84 bits per heavy atom. The van der Waals surface area contributed by atoms with Crippen molar-refractivity contribution >= 4 is 44.7 Å². The van der Waals surface area contributed by atoms with E-state index >= 15 is 0 Å². The van der Waals surface area contributed by atoms with Crippen molar-refractivity contribution < 1.29 is 14.5 Å². The number of carbonyl (C=O) groups is 1. The number of benzene rings is 2. The average molecular weight is 378 g/mol. The zero-order valence-corrected chi connectivity index (χ0v) is 14.3. The molecule has 3 aromatic rings. The number of aromatic nitrogens is 1. The fourth-order valence-electron chi connectivity index (χ4n) is 2.26. The number of hydrogen-bond donors (Lipinski definition) is 1. The summed E-state index contributed by atoms with van der Waals surface area (Å²) >= 11 is 7.31. The number of amides is 1. The van der Waals surface area contributed by atoms with Crippen molar-refractivity contribution in [3.63, 3.8) is 0 Å². The van der Waals surface area contributed by atoms with Crippen molar-refractivity contribution in [2.24, 2.45) is 5.73 Å². The van der Waals surface area contributed by atoms with Crippen LogP contribution in [0.2, 0.25) is 5.02 Å². The summed E-state index contributed by atoms with van der Waals surface area (Å²) in [6, 6.07) is 9.47. The summed E-state index contributed by atoms with van der Waals surface area (Å²) in [4.78, 5) is 26.0. The van der Waals surface area contributed by atoms with Crippen LogP contribution < -0.4 is 10.5 Å². The largest absolute Gasteiger partial charge is 0.470 e. The van der Waals surface area contributed by atoms with Crippen LogP contribution in [0.15, 0.2) is 36.4 Å². The first-order valence-corrected chi connectivity index (χ1v) is 8.39. The van der Waals surface area contributed by atoms with E-state index in [4.69, 9.17) is 22.1 Å². The molecule has 2 aromatic carbocycles. The van der Waals surface area contributed by atoms with Crippen LogP contribution in [0.25, 0.3) is 10.2 Å². The molecule has 0 aliphatic heterocycles. The minimum Gasteiger partial charge on any atom is -0.470 e. The highest BCUT2D eigenvalue weighted by atomic mass is 35.5. The first kappa shape index (κ1) is 17.1. The van der Waals surface area contributed by atoms with Gasteiger partial charge in [-0.15, -0.1) is 0 Å². The molecule has 0 radical (unpaired) electrons. The van der Waals surface area contributed by atoms with Crippen LogP contribution in [0.4, 0.5) is 5.69 Å². The van der Waals surface area contributed by atoms with Gasteiger partial charge in [0.1, 0.15) is 0 Å². The molecular weight excluding hydrogens is 366 g/mol. The monoisotopic (exact) mass is 377 g/mol. The Labute approximate surface area is 151 Å². The molecule has 2 N–H and O–H groups in total. The minimum absolute atomic E-state index is 0.0961. The lowest BCUT2D eigenvalue weighted by Crippen LogP contribution is -2.12. The summed E-state index contributed by atoms with van der Waals surface area (Å²) in [7, 11) is 0. The smallest absolute Gasteiger partial charge is 0.274 e. The lowest BCUT2D eigenvalue weighted by Gasteiger charge is -2.05. The van der Waals surface area contributed by atoms with E-state index in [9.17, 15) is 14.9 Å². The summed E-state index contributed by atoms with van der Waals surface area (Å²) in [6.45, 7) is 0.257. The van der Waals surface area contributed by atoms with Crippen molar-refractivity contribution in [3.05, 3.63) is 62.7 Å². The Balaban J connectivity index is 1.72. The summed E-state index contributed by atoms with van der Waals surface area (Å²) in [5, 5.41) is 12.0. The molecule has 0 saturated heterocycles.